The van der Waals surface area contributed by atoms with Gasteiger partial charge in [-0.15, -0.1) is 0 Å². The highest BCUT2D eigenvalue weighted by Crippen LogP contribution is 2.19. The summed E-state index contributed by atoms with van der Waals surface area (Å²) in [6.07, 6.45) is 0. The van der Waals surface area contributed by atoms with Crippen LogP contribution in [-0.4, -0.2) is 23.2 Å². The molecule has 0 saturated carbocycles. The fraction of sp³-hybridized carbons (Fsp3) is 0.176. The third kappa shape index (κ3) is 2.65. The molecule has 0 aliphatic heterocycles. The average molecular weight is 295 g/mol. The van der Waals surface area contributed by atoms with Crippen LogP contribution in [0.15, 0.2) is 42.5 Å². The number of aryl methyl sites for hydroxylation is 1. The van der Waals surface area contributed by atoms with Crippen LogP contribution in [0.5, 0.6) is 5.75 Å². The standard InChI is InChI=1S/C17H17N3O2/c1-11-7-8-12(9-15(11)22-2)10-18-17(21)16-13-5-3-4-6-14(13)19-20-16/h3-9H,10H2,1-2H3,(H,18,21)(H,19,20). The zero-order valence-electron chi connectivity index (χ0n) is 12.5. The number of nitrogens with zero attached hydrogens (tertiary/aromatic N) is 1. The molecule has 0 unspecified atom stereocenters. The number of aromatic amines is 1. The fourth-order valence-electron chi connectivity index (χ4n) is 2.38. The first-order chi connectivity index (χ1) is 10.7. The number of nitrogens with one attached hydrogen (secondary N) is 2. The molecule has 2 aromatic carbocycles. The molecule has 1 aromatic heterocycles. The maximum absolute atomic E-state index is 12.3. The summed E-state index contributed by atoms with van der Waals surface area (Å²) in [5.74, 6) is 0.619. The highest BCUT2D eigenvalue weighted by Gasteiger charge is 2.13. The Hall–Kier alpha value is -2.82. The summed E-state index contributed by atoms with van der Waals surface area (Å²) in [5, 5.41) is 10.7. The van der Waals surface area contributed by atoms with Gasteiger partial charge in [0.2, 0.25) is 0 Å². The summed E-state index contributed by atoms with van der Waals surface area (Å²) in [4.78, 5) is 12.3. The molecule has 5 heteroatoms. The van der Waals surface area contributed by atoms with Gasteiger partial charge in [-0.1, -0.05) is 30.3 Å². The van der Waals surface area contributed by atoms with E-state index in [1.54, 1.807) is 7.11 Å². The monoisotopic (exact) mass is 295 g/mol. The number of H-pyrrole nitrogens is 1. The summed E-state index contributed by atoms with van der Waals surface area (Å²) in [6.45, 7) is 2.41. The average Bonchev–Trinajstić information content (AvgIpc) is 2.98. The van der Waals surface area contributed by atoms with Crippen molar-refractivity contribution >= 4 is 16.8 Å². The summed E-state index contributed by atoms with van der Waals surface area (Å²) in [6, 6.07) is 13.4. The lowest BCUT2D eigenvalue weighted by molar-refractivity contribution is 0.0947. The molecule has 1 heterocycles. The Kier molecular flexibility index (Phi) is 3.78. The number of amides is 1. The van der Waals surface area contributed by atoms with Gasteiger partial charge in [0.25, 0.3) is 5.91 Å². The molecule has 0 fully saturated rings. The molecule has 0 aliphatic carbocycles. The second-order valence-corrected chi connectivity index (χ2v) is 5.10. The van der Waals surface area contributed by atoms with Crippen molar-refractivity contribution in [2.24, 2.45) is 0 Å². The van der Waals surface area contributed by atoms with Gasteiger partial charge in [0.15, 0.2) is 5.69 Å². The topological polar surface area (TPSA) is 67.0 Å². The normalized spacial score (nSPS) is 10.6. The summed E-state index contributed by atoms with van der Waals surface area (Å²) >= 11 is 0. The Bertz CT molecular complexity index is 824. The van der Waals surface area contributed by atoms with Gasteiger partial charge in [0.05, 0.1) is 12.6 Å². The molecule has 0 saturated heterocycles. The van der Waals surface area contributed by atoms with Crippen LogP contribution in [0, 0.1) is 6.92 Å². The lowest BCUT2D eigenvalue weighted by Crippen LogP contribution is -2.23. The van der Waals surface area contributed by atoms with Crippen molar-refractivity contribution in [3.05, 3.63) is 59.3 Å². The highest BCUT2D eigenvalue weighted by atomic mass is 16.5. The Balaban J connectivity index is 1.75. The van der Waals surface area contributed by atoms with Crippen molar-refractivity contribution in [1.82, 2.24) is 15.5 Å². The predicted octanol–water partition coefficient (Wildman–Crippen LogP) is 2.81. The Morgan fingerprint density at radius 3 is 2.91 bits per heavy atom. The maximum atomic E-state index is 12.3. The minimum absolute atomic E-state index is 0.197. The summed E-state index contributed by atoms with van der Waals surface area (Å²) < 4.78 is 5.29. The van der Waals surface area contributed by atoms with E-state index < -0.39 is 0 Å². The van der Waals surface area contributed by atoms with E-state index in [0.717, 1.165) is 27.8 Å². The van der Waals surface area contributed by atoms with E-state index in [0.29, 0.717) is 12.2 Å². The van der Waals surface area contributed by atoms with E-state index in [-0.39, 0.29) is 5.91 Å². The molecule has 112 valence electrons. The van der Waals surface area contributed by atoms with Gasteiger partial charge >= 0.3 is 0 Å². The van der Waals surface area contributed by atoms with Crippen molar-refractivity contribution in [1.29, 1.82) is 0 Å². The quantitative estimate of drug-likeness (QED) is 0.777. The first kappa shape index (κ1) is 14.1. The number of hydrogen-bond donors (Lipinski definition) is 2. The van der Waals surface area contributed by atoms with Gasteiger partial charge in [-0.05, 0) is 30.2 Å². The molecule has 3 rings (SSSR count). The van der Waals surface area contributed by atoms with Crippen LogP contribution in [0.3, 0.4) is 0 Å². The molecule has 0 bridgehead atoms. The number of methoxy groups -OCH3 is 1. The van der Waals surface area contributed by atoms with Gasteiger partial charge in [-0.3, -0.25) is 9.89 Å². The first-order valence-electron chi connectivity index (χ1n) is 7.04. The first-order valence-corrected chi connectivity index (χ1v) is 7.04. The third-order valence-electron chi connectivity index (χ3n) is 3.61. The van der Waals surface area contributed by atoms with Crippen molar-refractivity contribution in [3.8, 4) is 5.75 Å². The Labute approximate surface area is 128 Å². The van der Waals surface area contributed by atoms with Crippen LogP contribution in [-0.2, 0) is 6.54 Å². The number of para-hydroxylation sites is 1. The minimum Gasteiger partial charge on any atom is -0.496 e. The van der Waals surface area contributed by atoms with Gasteiger partial charge in [-0.2, -0.15) is 5.10 Å². The smallest absolute Gasteiger partial charge is 0.272 e. The number of ether oxygens (including phenoxy) is 1. The second kappa shape index (κ2) is 5.89. The van der Waals surface area contributed by atoms with Crippen LogP contribution in [0.25, 0.3) is 10.9 Å². The van der Waals surface area contributed by atoms with E-state index in [2.05, 4.69) is 15.5 Å². The van der Waals surface area contributed by atoms with E-state index in [1.165, 1.54) is 0 Å². The van der Waals surface area contributed by atoms with Crippen molar-refractivity contribution < 1.29 is 9.53 Å². The zero-order valence-corrected chi connectivity index (χ0v) is 12.5. The van der Waals surface area contributed by atoms with E-state index in [4.69, 9.17) is 4.74 Å². The zero-order chi connectivity index (χ0) is 15.5. The van der Waals surface area contributed by atoms with Crippen LogP contribution in [0.4, 0.5) is 0 Å². The van der Waals surface area contributed by atoms with Gasteiger partial charge in [0.1, 0.15) is 5.75 Å². The lowest BCUT2D eigenvalue weighted by Gasteiger charge is -2.08. The van der Waals surface area contributed by atoms with Crippen molar-refractivity contribution in [3.63, 3.8) is 0 Å². The fourth-order valence-corrected chi connectivity index (χ4v) is 2.38. The van der Waals surface area contributed by atoms with Crippen LogP contribution in [0.2, 0.25) is 0 Å². The molecule has 0 spiro atoms. The molecule has 0 atom stereocenters. The SMILES string of the molecule is COc1cc(CNC(=O)c2n[nH]c3ccccc23)ccc1C. The number of rotatable bonds is 4. The molecule has 5 nitrogen and oxygen atoms in total. The molecule has 1 amide bonds. The lowest BCUT2D eigenvalue weighted by atomic mass is 10.1. The number of carbonyl (C=O) groups is 1. The minimum atomic E-state index is -0.197. The van der Waals surface area contributed by atoms with Gasteiger partial charge < -0.3 is 10.1 Å². The van der Waals surface area contributed by atoms with Crippen molar-refractivity contribution in [2.75, 3.05) is 7.11 Å². The largest absolute Gasteiger partial charge is 0.496 e. The Morgan fingerprint density at radius 1 is 1.27 bits per heavy atom. The highest BCUT2D eigenvalue weighted by molar-refractivity contribution is 6.04. The van der Waals surface area contributed by atoms with E-state index >= 15 is 0 Å². The van der Waals surface area contributed by atoms with Gasteiger partial charge in [0, 0.05) is 11.9 Å². The van der Waals surface area contributed by atoms with E-state index in [1.807, 2.05) is 49.4 Å². The number of carbonyl (C=O) groups excluding carboxylic acids is 1. The molecule has 0 radical (unpaired) electrons. The Morgan fingerprint density at radius 2 is 2.09 bits per heavy atom. The third-order valence-corrected chi connectivity index (χ3v) is 3.61. The maximum Gasteiger partial charge on any atom is 0.272 e. The molecule has 0 aliphatic rings. The second-order valence-electron chi connectivity index (χ2n) is 5.10. The molecule has 22 heavy (non-hydrogen) atoms. The van der Waals surface area contributed by atoms with Crippen molar-refractivity contribution in [2.45, 2.75) is 13.5 Å². The van der Waals surface area contributed by atoms with Crippen LogP contribution in [0.1, 0.15) is 21.6 Å². The molecule has 2 N–H and O–H groups in total. The number of benzene rings is 2. The summed E-state index contributed by atoms with van der Waals surface area (Å²) in [5.41, 5.74) is 3.31. The number of aromatic nitrogens is 2. The summed E-state index contributed by atoms with van der Waals surface area (Å²) in [7, 11) is 1.64. The molecular formula is C17H17N3O2. The van der Waals surface area contributed by atoms with E-state index in [9.17, 15) is 4.79 Å². The van der Waals surface area contributed by atoms with Crippen LogP contribution < -0.4 is 10.1 Å². The predicted molar refractivity (Wildman–Crippen MR) is 85.0 cm³/mol. The molecular weight excluding hydrogens is 278 g/mol. The molecule has 3 aromatic rings. The number of fused-ring (bicyclic) bond motifs is 1. The number of hydrogen-bond acceptors (Lipinski definition) is 3. The van der Waals surface area contributed by atoms with Crippen LogP contribution >= 0.6 is 0 Å². The van der Waals surface area contributed by atoms with Gasteiger partial charge in [-0.25, -0.2) is 0 Å².